The third-order valence-electron chi connectivity index (χ3n) is 1.68. The summed E-state index contributed by atoms with van der Waals surface area (Å²) in [5, 5.41) is 0. The Morgan fingerprint density at radius 1 is 1.31 bits per heavy atom. The van der Waals surface area contributed by atoms with Crippen molar-refractivity contribution in [2.24, 2.45) is 0 Å². The number of hydrogen-bond acceptors (Lipinski definition) is 4. The minimum Gasteiger partial charge on any atom is -0.493 e. The minimum atomic E-state index is -3.08. The number of nitrogens with two attached hydrogens (primary N) is 1. The van der Waals surface area contributed by atoms with Crippen LogP contribution < -0.4 is 10.5 Å². The van der Waals surface area contributed by atoms with E-state index in [2.05, 4.69) is 4.74 Å². The first-order chi connectivity index (χ1) is 7.58. The lowest BCUT2D eigenvalue weighted by Crippen LogP contribution is -2.12. The van der Waals surface area contributed by atoms with Crippen LogP contribution >= 0.6 is 0 Å². The van der Waals surface area contributed by atoms with Crippen molar-refractivity contribution < 1.29 is 23.0 Å². The van der Waals surface area contributed by atoms with Crippen molar-refractivity contribution in [3.63, 3.8) is 0 Å². The van der Waals surface area contributed by atoms with E-state index in [1.54, 1.807) is 24.3 Å². The second-order valence-corrected chi connectivity index (χ2v) is 2.92. The van der Waals surface area contributed by atoms with Gasteiger partial charge in [0.1, 0.15) is 5.75 Å². The van der Waals surface area contributed by atoms with Crippen LogP contribution in [0.25, 0.3) is 0 Å². The molecule has 0 atom stereocenters. The predicted molar refractivity (Wildman–Crippen MR) is 53.1 cm³/mol. The number of ether oxygens (including phenoxy) is 2. The molecular formula is C10H11F2NO3. The molecule has 0 spiro atoms. The summed E-state index contributed by atoms with van der Waals surface area (Å²) in [4.78, 5) is 10.7. The van der Waals surface area contributed by atoms with Crippen molar-refractivity contribution in [1.82, 2.24) is 0 Å². The maximum Gasteiger partial charge on any atom is 0.389 e. The van der Waals surface area contributed by atoms with Crippen molar-refractivity contribution >= 4 is 11.7 Å². The quantitative estimate of drug-likeness (QED) is 0.620. The van der Waals surface area contributed by atoms with Gasteiger partial charge in [-0.3, -0.25) is 4.79 Å². The number of nitrogen functional groups attached to an aromatic ring is 1. The summed E-state index contributed by atoms with van der Waals surface area (Å²) < 4.78 is 31.9. The van der Waals surface area contributed by atoms with Crippen LogP contribution in [-0.2, 0) is 9.53 Å². The number of benzene rings is 1. The van der Waals surface area contributed by atoms with Gasteiger partial charge in [0.2, 0.25) is 0 Å². The topological polar surface area (TPSA) is 61.5 Å². The van der Waals surface area contributed by atoms with Crippen LogP contribution in [0.5, 0.6) is 5.75 Å². The van der Waals surface area contributed by atoms with Gasteiger partial charge < -0.3 is 15.2 Å². The largest absolute Gasteiger partial charge is 0.493 e. The van der Waals surface area contributed by atoms with Crippen LogP contribution in [0.3, 0.4) is 0 Å². The number of halogens is 2. The van der Waals surface area contributed by atoms with Crippen LogP contribution in [0.4, 0.5) is 14.5 Å². The van der Waals surface area contributed by atoms with Crippen molar-refractivity contribution in [1.29, 1.82) is 0 Å². The Bertz CT molecular complexity index is 340. The molecule has 6 heteroatoms. The Balaban J connectivity index is 2.25. The smallest absolute Gasteiger partial charge is 0.389 e. The number of carbonyl (C=O) groups excluding carboxylic acids is 1. The molecule has 0 saturated carbocycles. The van der Waals surface area contributed by atoms with E-state index in [4.69, 9.17) is 10.5 Å². The summed E-state index contributed by atoms with van der Waals surface area (Å²) >= 11 is 0. The fourth-order valence-corrected chi connectivity index (χ4v) is 0.975. The van der Waals surface area contributed by atoms with E-state index in [0.717, 1.165) is 0 Å². The molecule has 2 N–H and O–H groups in total. The van der Waals surface area contributed by atoms with Crippen molar-refractivity contribution in [2.75, 3.05) is 12.3 Å². The van der Waals surface area contributed by atoms with Crippen LogP contribution in [0.2, 0.25) is 0 Å². The monoisotopic (exact) mass is 231 g/mol. The Kier molecular flexibility index (Phi) is 4.50. The molecule has 0 aliphatic carbocycles. The zero-order chi connectivity index (χ0) is 12.0. The highest BCUT2D eigenvalue weighted by Gasteiger charge is 2.10. The number of alkyl halides is 2. The number of carbonyl (C=O) groups is 1. The molecule has 4 nitrogen and oxygen atoms in total. The number of hydrogen-bond donors (Lipinski definition) is 1. The highest BCUT2D eigenvalue weighted by Crippen LogP contribution is 2.13. The van der Waals surface area contributed by atoms with Gasteiger partial charge in [0, 0.05) is 5.69 Å². The fraction of sp³-hybridized carbons (Fsp3) is 0.300. The van der Waals surface area contributed by atoms with Gasteiger partial charge in [0.25, 0.3) is 0 Å². The molecule has 0 amide bonds. The Labute approximate surface area is 91.0 Å². The first kappa shape index (κ1) is 12.2. The molecule has 0 unspecified atom stereocenters. The van der Waals surface area contributed by atoms with Gasteiger partial charge in [-0.15, -0.1) is 0 Å². The molecule has 0 aromatic heterocycles. The Hall–Kier alpha value is -1.85. The third kappa shape index (κ3) is 4.59. The zero-order valence-electron chi connectivity index (χ0n) is 8.36. The molecule has 88 valence electrons. The Morgan fingerprint density at radius 2 is 1.94 bits per heavy atom. The molecule has 0 fully saturated rings. The summed E-state index contributed by atoms with van der Waals surface area (Å²) in [5.74, 6) is -0.482. The van der Waals surface area contributed by atoms with E-state index in [1.807, 2.05) is 0 Å². The van der Waals surface area contributed by atoms with Crippen molar-refractivity contribution in [3.05, 3.63) is 24.3 Å². The van der Waals surface area contributed by atoms with Gasteiger partial charge in [-0.1, -0.05) is 0 Å². The number of anilines is 1. The van der Waals surface area contributed by atoms with E-state index in [-0.39, 0.29) is 13.0 Å². The number of esters is 1. The molecule has 0 aliphatic rings. The minimum absolute atomic E-state index is 0.0184. The normalized spacial score (nSPS) is 10.2. The summed E-state index contributed by atoms with van der Waals surface area (Å²) in [5.41, 5.74) is 6.03. The third-order valence-corrected chi connectivity index (χ3v) is 1.68. The van der Waals surface area contributed by atoms with Crippen LogP contribution in [0, 0.1) is 0 Å². The van der Waals surface area contributed by atoms with Gasteiger partial charge in [-0.2, -0.15) is 8.78 Å². The van der Waals surface area contributed by atoms with Gasteiger partial charge in [-0.05, 0) is 24.3 Å². The lowest BCUT2D eigenvalue weighted by molar-refractivity contribution is -0.176. The Morgan fingerprint density at radius 3 is 2.50 bits per heavy atom. The molecule has 16 heavy (non-hydrogen) atoms. The van der Waals surface area contributed by atoms with Gasteiger partial charge in [0.05, 0.1) is 13.0 Å². The molecule has 0 saturated heterocycles. The summed E-state index contributed by atoms with van der Waals surface area (Å²) in [6, 6.07) is 6.50. The highest BCUT2D eigenvalue weighted by atomic mass is 19.3. The van der Waals surface area contributed by atoms with Crippen LogP contribution in [0.1, 0.15) is 6.42 Å². The molecule has 1 aromatic carbocycles. The lowest BCUT2D eigenvalue weighted by atomic mass is 10.3. The summed E-state index contributed by atoms with van der Waals surface area (Å²) in [7, 11) is 0. The maximum absolute atomic E-state index is 11.6. The fourth-order valence-electron chi connectivity index (χ4n) is 0.975. The van der Waals surface area contributed by atoms with E-state index >= 15 is 0 Å². The van der Waals surface area contributed by atoms with E-state index in [9.17, 15) is 13.6 Å². The SMILES string of the molecule is Nc1ccc(OCCC(=O)OC(F)F)cc1. The molecule has 0 radical (unpaired) electrons. The van der Waals surface area contributed by atoms with Crippen LogP contribution in [-0.4, -0.2) is 19.2 Å². The summed E-state index contributed by atoms with van der Waals surface area (Å²) in [6.07, 6.45) is -0.227. The standard InChI is InChI=1S/C10H11F2NO3/c11-10(12)16-9(14)5-6-15-8-3-1-7(13)2-4-8/h1-4,10H,5-6,13H2. The van der Waals surface area contributed by atoms with E-state index < -0.39 is 12.6 Å². The van der Waals surface area contributed by atoms with Gasteiger partial charge >= 0.3 is 12.6 Å². The first-order valence-corrected chi connectivity index (χ1v) is 4.54. The van der Waals surface area contributed by atoms with Crippen LogP contribution in [0.15, 0.2) is 24.3 Å². The average Bonchev–Trinajstić information content (AvgIpc) is 2.20. The summed E-state index contributed by atoms with van der Waals surface area (Å²) in [6.45, 7) is -3.10. The zero-order valence-corrected chi connectivity index (χ0v) is 8.36. The first-order valence-electron chi connectivity index (χ1n) is 4.54. The predicted octanol–water partition coefficient (Wildman–Crippen LogP) is 1.80. The van der Waals surface area contributed by atoms with Crippen molar-refractivity contribution in [2.45, 2.75) is 13.0 Å². The molecular weight excluding hydrogens is 220 g/mol. The molecule has 1 rings (SSSR count). The highest BCUT2D eigenvalue weighted by molar-refractivity contribution is 5.69. The second kappa shape index (κ2) is 5.89. The lowest BCUT2D eigenvalue weighted by Gasteiger charge is -2.06. The molecule has 0 heterocycles. The molecule has 0 bridgehead atoms. The molecule has 0 aliphatic heterocycles. The van der Waals surface area contributed by atoms with Gasteiger partial charge in [0.15, 0.2) is 0 Å². The van der Waals surface area contributed by atoms with E-state index in [1.165, 1.54) is 0 Å². The molecule has 1 aromatic rings. The average molecular weight is 231 g/mol. The maximum atomic E-state index is 11.6. The van der Waals surface area contributed by atoms with Gasteiger partial charge in [-0.25, -0.2) is 0 Å². The van der Waals surface area contributed by atoms with Crippen molar-refractivity contribution in [3.8, 4) is 5.75 Å². The number of rotatable bonds is 5. The van der Waals surface area contributed by atoms with E-state index in [0.29, 0.717) is 11.4 Å². The second-order valence-electron chi connectivity index (χ2n) is 2.92.